The summed E-state index contributed by atoms with van der Waals surface area (Å²) in [5, 5.41) is 8.05. The molecule has 0 aromatic carbocycles. The Labute approximate surface area is 80.5 Å². The van der Waals surface area contributed by atoms with Gasteiger partial charge in [0.05, 0.1) is 0 Å². The molecule has 2 rings (SSSR count). The van der Waals surface area contributed by atoms with Crippen molar-refractivity contribution in [3.63, 3.8) is 0 Å². The minimum absolute atomic E-state index is 0.484. The summed E-state index contributed by atoms with van der Waals surface area (Å²) in [6.45, 7) is 2.24. The summed E-state index contributed by atoms with van der Waals surface area (Å²) < 4.78 is 1.96. The van der Waals surface area contributed by atoms with Crippen LogP contribution in [0.2, 0.25) is 5.28 Å². The Morgan fingerprint density at radius 3 is 3.00 bits per heavy atom. The van der Waals surface area contributed by atoms with Gasteiger partial charge >= 0.3 is 0 Å². The lowest BCUT2D eigenvalue weighted by atomic mass is 10.1. The van der Waals surface area contributed by atoms with Crippen LogP contribution in [0.1, 0.15) is 13.0 Å². The van der Waals surface area contributed by atoms with E-state index in [9.17, 15) is 0 Å². The maximum atomic E-state index is 5.87. The Morgan fingerprint density at radius 1 is 1.67 bits per heavy atom. The van der Waals surface area contributed by atoms with Crippen molar-refractivity contribution in [1.82, 2.24) is 14.8 Å². The minimum atomic E-state index is 0.484. The van der Waals surface area contributed by atoms with Gasteiger partial charge in [-0.15, -0.1) is 10.2 Å². The largest absolute Gasteiger partial charge is 0.300 e. The van der Waals surface area contributed by atoms with E-state index >= 15 is 0 Å². The Kier molecular flexibility index (Phi) is 2.28. The van der Waals surface area contributed by atoms with Gasteiger partial charge in [0.25, 0.3) is 0 Å². The number of halogens is 1. The lowest BCUT2D eigenvalue weighted by molar-refractivity contribution is 0.437. The van der Waals surface area contributed by atoms with Crippen molar-refractivity contribution in [1.29, 1.82) is 0 Å². The molecule has 0 saturated carbocycles. The topological polar surface area (TPSA) is 30.7 Å². The van der Waals surface area contributed by atoms with Gasteiger partial charge in [-0.05, 0) is 23.3 Å². The second-order valence-corrected chi connectivity index (χ2v) is 4.50. The summed E-state index contributed by atoms with van der Waals surface area (Å²) in [5.74, 6) is 3.00. The van der Waals surface area contributed by atoms with E-state index in [0.717, 1.165) is 5.75 Å². The summed E-state index contributed by atoms with van der Waals surface area (Å²) in [6, 6.07) is 0.484. The van der Waals surface area contributed by atoms with Crippen molar-refractivity contribution >= 4 is 23.4 Å². The van der Waals surface area contributed by atoms with Gasteiger partial charge in [0, 0.05) is 11.8 Å². The SMILES string of the molecule is CC1CSCC1n1cnnc1Cl. The van der Waals surface area contributed by atoms with Crippen LogP contribution in [-0.4, -0.2) is 26.3 Å². The zero-order valence-electron chi connectivity index (χ0n) is 6.77. The fourth-order valence-corrected chi connectivity index (χ4v) is 3.13. The first kappa shape index (κ1) is 8.38. The van der Waals surface area contributed by atoms with Crippen LogP contribution in [0.4, 0.5) is 0 Å². The Morgan fingerprint density at radius 2 is 2.50 bits per heavy atom. The van der Waals surface area contributed by atoms with Gasteiger partial charge in [-0.25, -0.2) is 0 Å². The van der Waals surface area contributed by atoms with Crippen molar-refractivity contribution in [2.45, 2.75) is 13.0 Å². The van der Waals surface area contributed by atoms with E-state index in [1.54, 1.807) is 6.33 Å². The Bertz CT molecular complexity index is 275. The number of hydrogen-bond acceptors (Lipinski definition) is 3. The maximum Gasteiger partial charge on any atom is 0.225 e. The number of nitrogens with zero attached hydrogens (tertiary/aromatic N) is 3. The Hall–Kier alpha value is -0.220. The molecule has 1 aliphatic heterocycles. The standard InChI is InChI=1S/C7H10ClN3S/c1-5-2-12-3-6(5)11-4-9-10-7(11)8/h4-6H,2-3H2,1H3. The summed E-state index contributed by atoms with van der Waals surface area (Å²) in [7, 11) is 0. The molecule has 1 aliphatic rings. The second-order valence-electron chi connectivity index (χ2n) is 3.09. The molecule has 1 saturated heterocycles. The van der Waals surface area contributed by atoms with E-state index in [4.69, 9.17) is 11.6 Å². The van der Waals surface area contributed by atoms with Gasteiger partial charge in [0.15, 0.2) is 0 Å². The van der Waals surface area contributed by atoms with Gasteiger partial charge < -0.3 is 4.57 Å². The minimum Gasteiger partial charge on any atom is -0.300 e. The quantitative estimate of drug-likeness (QED) is 0.698. The van der Waals surface area contributed by atoms with Gasteiger partial charge in [0.2, 0.25) is 5.28 Å². The number of hydrogen-bond donors (Lipinski definition) is 0. The molecule has 0 radical (unpaired) electrons. The molecule has 2 atom stereocenters. The second kappa shape index (κ2) is 3.26. The predicted octanol–water partition coefficient (Wildman–Crippen LogP) is 1.86. The van der Waals surface area contributed by atoms with Crippen molar-refractivity contribution in [3.8, 4) is 0 Å². The predicted molar refractivity (Wildman–Crippen MR) is 50.6 cm³/mol. The zero-order valence-corrected chi connectivity index (χ0v) is 8.35. The zero-order chi connectivity index (χ0) is 8.55. The van der Waals surface area contributed by atoms with Crippen LogP contribution < -0.4 is 0 Å². The van der Waals surface area contributed by atoms with E-state index in [0.29, 0.717) is 17.2 Å². The van der Waals surface area contributed by atoms with Gasteiger partial charge in [-0.3, -0.25) is 0 Å². The van der Waals surface area contributed by atoms with Gasteiger partial charge in [-0.2, -0.15) is 11.8 Å². The van der Waals surface area contributed by atoms with Crippen LogP contribution in [0, 0.1) is 5.92 Å². The Balaban J connectivity index is 2.24. The molecular formula is C7H10ClN3S. The molecule has 0 aliphatic carbocycles. The molecule has 3 nitrogen and oxygen atoms in total. The summed E-state index contributed by atoms with van der Waals surface area (Å²) >= 11 is 7.83. The first-order valence-electron chi connectivity index (χ1n) is 3.92. The first-order chi connectivity index (χ1) is 5.79. The summed E-state index contributed by atoms with van der Waals surface area (Å²) in [6.07, 6.45) is 1.72. The van der Waals surface area contributed by atoms with E-state index in [1.165, 1.54) is 5.75 Å². The first-order valence-corrected chi connectivity index (χ1v) is 5.45. The summed E-state index contributed by atoms with van der Waals surface area (Å²) in [4.78, 5) is 0. The van der Waals surface area contributed by atoms with E-state index in [2.05, 4.69) is 17.1 Å². The van der Waals surface area contributed by atoms with Gasteiger partial charge in [0.1, 0.15) is 6.33 Å². The van der Waals surface area contributed by atoms with E-state index in [-0.39, 0.29) is 0 Å². The van der Waals surface area contributed by atoms with Crippen LogP contribution in [0.15, 0.2) is 6.33 Å². The molecule has 0 N–H and O–H groups in total. The lowest BCUT2D eigenvalue weighted by Crippen LogP contribution is -2.14. The highest BCUT2D eigenvalue weighted by Gasteiger charge is 2.26. The monoisotopic (exact) mass is 203 g/mol. The fraction of sp³-hybridized carbons (Fsp3) is 0.714. The molecule has 1 fully saturated rings. The average molecular weight is 204 g/mol. The summed E-state index contributed by atoms with van der Waals surface area (Å²) in [5.41, 5.74) is 0. The van der Waals surface area contributed by atoms with Crippen LogP contribution in [0.3, 0.4) is 0 Å². The third kappa shape index (κ3) is 1.33. The molecule has 5 heteroatoms. The highest BCUT2D eigenvalue weighted by molar-refractivity contribution is 7.99. The molecule has 66 valence electrons. The van der Waals surface area contributed by atoms with Crippen molar-refractivity contribution in [3.05, 3.63) is 11.6 Å². The third-order valence-corrected chi connectivity index (χ3v) is 3.82. The maximum absolute atomic E-state index is 5.87. The van der Waals surface area contributed by atoms with Crippen LogP contribution in [0.25, 0.3) is 0 Å². The van der Waals surface area contributed by atoms with Crippen molar-refractivity contribution < 1.29 is 0 Å². The van der Waals surface area contributed by atoms with Crippen molar-refractivity contribution in [2.24, 2.45) is 5.92 Å². The molecule has 1 aromatic heterocycles. The molecule has 0 spiro atoms. The molecular weight excluding hydrogens is 194 g/mol. The smallest absolute Gasteiger partial charge is 0.225 e. The molecule has 12 heavy (non-hydrogen) atoms. The van der Waals surface area contributed by atoms with Crippen LogP contribution in [0.5, 0.6) is 0 Å². The molecule has 1 aromatic rings. The van der Waals surface area contributed by atoms with Crippen LogP contribution in [-0.2, 0) is 0 Å². The van der Waals surface area contributed by atoms with Crippen molar-refractivity contribution in [2.75, 3.05) is 11.5 Å². The number of rotatable bonds is 1. The third-order valence-electron chi connectivity index (χ3n) is 2.21. The average Bonchev–Trinajstić information content (AvgIpc) is 2.59. The normalized spacial score (nSPS) is 29.5. The molecule has 0 amide bonds. The fourth-order valence-electron chi connectivity index (χ4n) is 1.46. The van der Waals surface area contributed by atoms with E-state index in [1.807, 2.05) is 16.3 Å². The highest BCUT2D eigenvalue weighted by Crippen LogP contribution is 2.34. The number of thioether (sulfide) groups is 1. The lowest BCUT2D eigenvalue weighted by Gasteiger charge is -2.15. The van der Waals surface area contributed by atoms with E-state index < -0.39 is 0 Å². The molecule has 0 bridgehead atoms. The number of aromatic nitrogens is 3. The van der Waals surface area contributed by atoms with Gasteiger partial charge in [-0.1, -0.05) is 6.92 Å². The molecule has 2 unspecified atom stereocenters. The molecule has 2 heterocycles. The van der Waals surface area contributed by atoms with Crippen LogP contribution >= 0.6 is 23.4 Å². The highest BCUT2D eigenvalue weighted by atomic mass is 35.5.